The molecule has 0 unspecified atom stereocenters. The van der Waals surface area contributed by atoms with Gasteiger partial charge in [-0.1, -0.05) is 36.4 Å². The van der Waals surface area contributed by atoms with Crippen LogP contribution >= 0.6 is 0 Å². The zero-order valence-electron chi connectivity index (χ0n) is 14.7. The number of benzene rings is 3. The summed E-state index contributed by atoms with van der Waals surface area (Å²) in [5.41, 5.74) is 4.48. The van der Waals surface area contributed by atoms with Gasteiger partial charge >= 0.3 is 0 Å². The molecule has 0 aliphatic carbocycles. The van der Waals surface area contributed by atoms with Crippen molar-refractivity contribution in [3.63, 3.8) is 0 Å². The summed E-state index contributed by atoms with van der Waals surface area (Å²) in [6, 6.07) is 18.9. The fourth-order valence-electron chi connectivity index (χ4n) is 2.59. The summed E-state index contributed by atoms with van der Waals surface area (Å²) < 4.78 is 5.52. The van der Waals surface area contributed by atoms with E-state index in [4.69, 9.17) is 4.74 Å². The predicted molar refractivity (Wildman–Crippen MR) is 103 cm³/mol. The molecular formula is C21H20N2O3. The number of aromatic hydroxyl groups is 1. The number of fused-ring (bicyclic) bond motifs is 1. The third-order valence-electron chi connectivity index (χ3n) is 3.98. The minimum Gasteiger partial charge on any atom is -0.507 e. The second kappa shape index (κ2) is 7.70. The van der Waals surface area contributed by atoms with Crippen LogP contribution in [0.5, 0.6) is 11.5 Å². The summed E-state index contributed by atoms with van der Waals surface area (Å²) >= 11 is 0. The minimum atomic E-state index is -0.371. The number of carbonyl (C=O) groups excluding carboxylic acids is 1. The Labute approximate surface area is 151 Å². The third kappa shape index (κ3) is 4.19. The third-order valence-corrected chi connectivity index (χ3v) is 3.98. The van der Waals surface area contributed by atoms with Gasteiger partial charge in [-0.25, -0.2) is 5.43 Å². The van der Waals surface area contributed by atoms with E-state index in [0.29, 0.717) is 17.0 Å². The van der Waals surface area contributed by atoms with E-state index in [2.05, 4.69) is 10.5 Å². The van der Waals surface area contributed by atoms with Crippen LogP contribution in [0.3, 0.4) is 0 Å². The van der Waals surface area contributed by atoms with E-state index in [0.717, 1.165) is 16.3 Å². The Morgan fingerprint density at radius 1 is 1.08 bits per heavy atom. The number of nitrogens with one attached hydrogen (secondary N) is 1. The summed E-state index contributed by atoms with van der Waals surface area (Å²) in [7, 11) is 0. The molecule has 0 spiro atoms. The van der Waals surface area contributed by atoms with Crippen LogP contribution < -0.4 is 10.2 Å². The minimum absolute atomic E-state index is 0.132. The number of phenolic OH excluding ortho intramolecular Hbond substituents is 1. The molecule has 0 saturated heterocycles. The molecule has 5 heteroatoms. The molecule has 0 heterocycles. The molecule has 26 heavy (non-hydrogen) atoms. The molecular weight excluding hydrogens is 328 g/mol. The average Bonchev–Trinajstić information content (AvgIpc) is 2.64. The molecule has 132 valence electrons. The second-order valence-electron chi connectivity index (χ2n) is 6.05. The van der Waals surface area contributed by atoms with Crippen molar-refractivity contribution in [1.82, 2.24) is 5.43 Å². The Balaban J connectivity index is 1.59. The molecule has 0 atom stereocenters. The first-order valence-electron chi connectivity index (χ1n) is 8.27. The number of amides is 1. The van der Waals surface area contributed by atoms with Gasteiger partial charge in [0.1, 0.15) is 11.5 Å². The highest BCUT2D eigenvalue weighted by molar-refractivity contribution is 6.01. The van der Waals surface area contributed by atoms with Crippen molar-refractivity contribution in [2.75, 3.05) is 6.61 Å². The van der Waals surface area contributed by atoms with E-state index in [-0.39, 0.29) is 18.3 Å². The summed E-state index contributed by atoms with van der Waals surface area (Å²) in [5.74, 6) is 0.382. The number of carbonyl (C=O) groups is 1. The number of nitrogens with zero attached hydrogens (tertiary/aromatic N) is 1. The quantitative estimate of drug-likeness (QED) is 0.545. The zero-order valence-corrected chi connectivity index (χ0v) is 14.7. The van der Waals surface area contributed by atoms with Gasteiger partial charge in [0, 0.05) is 5.56 Å². The van der Waals surface area contributed by atoms with Gasteiger partial charge < -0.3 is 9.84 Å². The van der Waals surface area contributed by atoms with Gasteiger partial charge in [0.25, 0.3) is 5.91 Å². The molecule has 1 amide bonds. The van der Waals surface area contributed by atoms with Gasteiger partial charge in [-0.15, -0.1) is 0 Å². The number of aryl methyl sites for hydroxylation is 1. The number of hydrogen-bond acceptors (Lipinski definition) is 4. The van der Waals surface area contributed by atoms with Crippen molar-refractivity contribution < 1.29 is 14.6 Å². The first-order valence-corrected chi connectivity index (χ1v) is 8.27. The molecule has 0 radical (unpaired) electrons. The highest BCUT2D eigenvalue weighted by Gasteiger charge is 2.07. The Morgan fingerprint density at radius 3 is 2.62 bits per heavy atom. The van der Waals surface area contributed by atoms with Crippen LogP contribution in [0.1, 0.15) is 18.1 Å². The van der Waals surface area contributed by atoms with Crippen molar-refractivity contribution in [1.29, 1.82) is 0 Å². The first kappa shape index (κ1) is 17.5. The molecule has 0 aromatic heterocycles. The maximum Gasteiger partial charge on any atom is 0.277 e. The maximum atomic E-state index is 11.9. The fourth-order valence-corrected chi connectivity index (χ4v) is 2.59. The molecule has 2 N–H and O–H groups in total. The van der Waals surface area contributed by atoms with E-state index in [9.17, 15) is 9.90 Å². The molecule has 0 aliphatic heterocycles. The normalized spacial score (nSPS) is 11.4. The molecule has 0 saturated carbocycles. The smallest absolute Gasteiger partial charge is 0.277 e. The van der Waals surface area contributed by atoms with E-state index in [1.165, 1.54) is 0 Å². The van der Waals surface area contributed by atoms with Gasteiger partial charge in [-0.05, 0) is 54.4 Å². The van der Waals surface area contributed by atoms with E-state index < -0.39 is 0 Å². The van der Waals surface area contributed by atoms with Crippen LogP contribution in [0, 0.1) is 6.92 Å². The lowest BCUT2D eigenvalue weighted by Crippen LogP contribution is -2.25. The molecule has 0 aliphatic rings. The van der Waals surface area contributed by atoms with Crippen molar-refractivity contribution in [3.05, 3.63) is 71.8 Å². The zero-order chi connectivity index (χ0) is 18.5. The lowest BCUT2D eigenvalue weighted by Gasteiger charge is -2.08. The molecule has 0 fully saturated rings. The van der Waals surface area contributed by atoms with E-state index >= 15 is 0 Å². The second-order valence-corrected chi connectivity index (χ2v) is 6.05. The topological polar surface area (TPSA) is 70.9 Å². The van der Waals surface area contributed by atoms with Crippen LogP contribution in [0.15, 0.2) is 65.8 Å². The summed E-state index contributed by atoms with van der Waals surface area (Å²) in [6.45, 7) is 3.46. The monoisotopic (exact) mass is 348 g/mol. The SMILES string of the molecule is CC(=NNC(=O)COc1ccc2ccccc2c1)c1ccc(C)cc1O. The lowest BCUT2D eigenvalue weighted by atomic mass is 10.1. The molecule has 3 rings (SSSR count). The number of ether oxygens (including phenoxy) is 1. The Hall–Kier alpha value is -3.34. The van der Waals surface area contributed by atoms with Gasteiger partial charge in [0.2, 0.25) is 0 Å². The standard InChI is InChI=1S/C21H20N2O3/c1-14-7-10-19(20(24)11-14)15(2)22-23-21(25)13-26-18-9-8-16-5-3-4-6-17(16)12-18/h3-12,24H,13H2,1-2H3,(H,23,25). The van der Waals surface area contributed by atoms with E-state index in [1.54, 1.807) is 19.1 Å². The first-order chi connectivity index (χ1) is 12.5. The molecule has 0 bridgehead atoms. The van der Waals surface area contributed by atoms with Crippen LogP contribution in [-0.2, 0) is 4.79 Å². The fraction of sp³-hybridized carbons (Fsp3) is 0.143. The Kier molecular flexibility index (Phi) is 5.17. The van der Waals surface area contributed by atoms with Crippen molar-refractivity contribution in [2.45, 2.75) is 13.8 Å². The highest BCUT2D eigenvalue weighted by atomic mass is 16.5. The largest absolute Gasteiger partial charge is 0.507 e. The van der Waals surface area contributed by atoms with Crippen molar-refractivity contribution in [2.24, 2.45) is 5.10 Å². The van der Waals surface area contributed by atoms with Crippen molar-refractivity contribution in [3.8, 4) is 11.5 Å². The van der Waals surface area contributed by atoms with Gasteiger partial charge in [-0.3, -0.25) is 4.79 Å². The number of phenols is 1. The number of hydrazone groups is 1. The van der Waals surface area contributed by atoms with Crippen LogP contribution in [-0.4, -0.2) is 23.3 Å². The van der Waals surface area contributed by atoms with Gasteiger partial charge in [0.15, 0.2) is 6.61 Å². The van der Waals surface area contributed by atoms with E-state index in [1.807, 2.05) is 55.5 Å². The summed E-state index contributed by atoms with van der Waals surface area (Å²) in [4.78, 5) is 11.9. The predicted octanol–water partition coefficient (Wildman–Crippen LogP) is 3.77. The Morgan fingerprint density at radius 2 is 1.85 bits per heavy atom. The highest BCUT2D eigenvalue weighted by Crippen LogP contribution is 2.21. The molecule has 5 nitrogen and oxygen atoms in total. The summed E-state index contributed by atoms with van der Waals surface area (Å²) in [6.07, 6.45) is 0. The average molecular weight is 348 g/mol. The number of rotatable bonds is 5. The van der Waals surface area contributed by atoms with Crippen molar-refractivity contribution >= 4 is 22.4 Å². The molecule has 3 aromatic rings. The van der Waals surface area contributed by atoms with Crippen LogP contribution in [0.4, 0.5) is 0 Å². The van der Waals surface area contributed by atoms with Gasteiger partial charge in [0.05, 0.1) is 5.71 Å². The lowest BCUT2D eigenvalue weighted by molar-refractivity contribution is -0.123. The van der Waals surface area contributed by atoms with Crippen LogP contribution in [0.25, 0.3) is 10.8 Å². The van der Waals surface area contributed by atoms with Crippen LogP contribution in [0.2, 0.25) is 0 Å². The summed E-state index contributed by atoms with van der Waals surface area (Å²) in [5, 5.41) is 16.1. The Bertz CT molecular complexity index is 980. The maximum absolute atomic E-state index is 11.9. The number of hydrogen-bond donors (Lipinski definition) is 2. The molecule has 3 aromatic carbocycles. The van der Waals surface area contributed by atoms with Gasteiger partial charge in [-0.2, -0.15) is 5.10 Å².